The maximum atomic E-state index is 13.7. The number of halogens is 2. The molecule has 10 heteroatoms. The van der Waals surface area contributed by atoms with Crippen molar-refractivity contribution in [1.29, 1.82) is 0 Å². The molecule has 0 unspecified atom stereocenters. The monoisotopic (exact) mass is 553 g/mol. The molecular weight excluding hydrogens is 524 g/mol. The molecule has 3 aromatic carbocycles. The van der Waals surface area contributed by atoms with Crippen molar-refractivity contribution in [3.63, 3.8) is 0 Å². The Bertz CT molecular complexity index is 1690. The van der Waals surface area contributed by atoms with Crippen molar-refractivity contribution in [3.8, 4) is 5.69 Å². The molecule has 2 amide bonds. The van der Waals surface area contributed by atoms with E-state index in [9.17, 15) is 13.6 Å². The van der Waals surface area contributed by atoms with Crippen LogP contribution in [0.5, 0.6) is 0 Å². The van der Waals surface area contributed by atoms with Crippen LogP contribution in [0, 0.1) is 18.6 Å². The van der Waals surface area contributed by atoms with Gasteiger partial charge in [0.1, 0.15) is 11.6 Å². The highest BCUT2D eigenvalue weighted by molar-refractivity contribution is 5.91. The summed E-state index contributed by atoms with van der Waals surface area (Å²) in [6.07, 6.45) is 1.27. The molecule has 0 saturated carbocycles. The van der Waals surface area contributed by atoms with Crippen molar-refractivity contribution in [1.82, 2.24) is 24.6 Å². The fourth-order valence-corrected chi connectivity index (χ4v) is 5.15. The van der Waals surface area contributed by atoms with Crippen LogP contribution in [-0.4, -0.2) is 56.9 Å². The molecule has 208 valence electrons. The number of carbonyl (C=O) groups is 1. The third kappa shape index (κ3) is 5.58. The topological polar surface area (TPSA) is 79.2 Å². The van der Waals surface area contributed by atoms with Crippen LogP contribution in [0.15, 0.2) is 78.9 Å². The van der Waals surface area contributed by atoms with Gasteiger partial charge in [0.05, 0.1) is 16.8 Å². The zero-order chi connectivity index (χ0) is 28.3. The van der Waals surface area contributed by atoms with E-state index in [2.05, 4.69) is 22.3 Å². The molecule has 1 fully saturated rings. The van der Waals surface area contributed by atoms with Crippen LogP contribution in [-0.2, 0) is 6.42 Å². The first-order chi connectivity index (χ1) is 20.0. The van der Waals surface area contributed by atoms with E-state index in [-0.39, 0.29) is 11.7 Å². The lowest BCUT2D eigenvalue weighted by atomic mass is 10.1. The van der Waals surface area contributed by atoms with Gasteiger partial charge in [-0.2, -0.15) is 5.10 Å². The second-order valence-corrected chi connectivity index (χ2v) is 10.0. The Balaban J connectivity index is 1.31. The number of amides is 2. The van der Waals surface area contributed by atoms with Gasteiger partial charge >= 0.3 is 6.03 Å². The lowest BCUT2D eigenvalue weighted by molar-refractivity contribution is 0.215. The Morgan fingerprint density at radius 1 is 0.878 bits per heavy atom. The second kappa shape index (κ2) is 11.3. The van der Waals surface area contributed by atoms with Crippen LogP contribution >= 0.6 is 0 Å². The van der Waals surface area contributed by atoms with Crippen molar-refractivity contribution >= 4 is 28.6 Å². The SMILES string of the molecule is Cc1nn(-c2ccccc2)c2nc(Cc3ccccc3)nc(N3CCCN(C(=O)Nc4ccc(F)c(F)c4)CC3)c12. The zero-order valence-electron chi connectivity index (χ0n) is 22.6. The highest BCUT2D eigenvalue weighted by Gasteiger charge is 2.25. The minimum atomic E-state index is -1.00. The summed E-state index contributed by atoms with van der Waals surface area (Å²) < 4.78 is 28.8. The Kier molecular flexibility index (Phi) is 7.28. The number of para-hydroxylation sites is 1. The minimum Gasteiger partial charge on any atom is -0.354 e. The third-order valence-corrected chi connectivity index (χ3v) is 7.19. The molecular formula is C31H29F2N7O. The molecule has 8 nitrogen and oxygen atoms in total. The molecule has 1 aliphatic rings. The molecule has 0 radical (unpaired) electrons. The van der Waals surface area contributed by atoms with Crippen molar-refractivity contribution in [2.24, 2.45) is 0 Å². The van der Waals surface area contributed by atoms with Crippen molar-refractivity contribution in [3.05, 3.63) is 108 Å². The molecule has 0 bridgehead atoms. The first-order valence-corrected chi connectivity index (χ1v) is 13.6. The standard InChI is InChI=1S/C31H29F2N7O/c1-21-28-29(38-15-8-16-39(18-17-38)31(41)34-23-13-14-25(32)26(33)20-23)35-27(19-22-9-4-2-5-10-22)36-30(28)40(37-21)24-11-6-3-7-12-24/h2-7,9-14,20H,8,15-19H2,1H3,(H,34,41). The summed E-state index contributed by atoms with van der Waals surface area (Å²) in [4.78, 5) is 26.9. The number of rotatable bonds is 5. The quantitative estimate of drug-likeness (QED) is 0.301. The number of hydrogen-bond acceptors (Lipinski definition) is 5. The van der Waals surface area contributed by atoms with E-state index in [4.69, 9.17) is 15.1 Å². The summed E-state index contributed by atoms with van der Waals surface area (Å²) >= 11 is 0. The fourth-order valence-electron chi connectivity index (χ4n) is 5.15. The number of nitrogens with one attached hydrogen (secondary N) is 1. The molecule has 41 heavy (non-hydrogen) atoms. The molecule has 1 saturated heterocycles. The number of fused-ring (bicyclic) bond motifs is 1. The maximum absolute atomic E-state index is 13.7. The summed E-state index contributed by atoms with van der Waals surface area (Å²) in [5.41, 5.74) is 3.79. The number of benzene rings is 3. The fraction of sp³-hybridized carbons (Fsp3) is 0.226. The van der Waals surface area contributed by atoms with Gasteiger partial charge in [-0.15, -0.1) is 0 Å². The number of hydrogen-bond donors (Lipinski definition) is 1. The lowest BCUT2D eigenvalue weighted by Gasteiger charge is -2.24. The van der Waals surface area contributed by atoms with Crippen molar-refractivity contribution < 1.29 is 13.6 Å². The van der Waals surface area contributed by atoms with E-state index in [1.807, 2.05) is 60.1 Å². The normalized spacial score (nSPS) is 13.8. The van der Waals surface area contributed by atoms with Crippen LogP contribution in [0.2, 0.25) is 0 Å². The van der Waals surface area contributed by atoms with Gasteiger partial charge < -0.3 is 15.1 Å². The number of nitrogens with zero attached hydrogens (tertiary/aromatic N) is 6. The molecule has 0 spiro atoms. The summed E-state index contributed by atoms with van der Waals surface area (Å²) in [6.45, 7) is 4.13. The molecule has 2 aromatic heterocycles. The Labute approximate surface area is 236 Å². The summed E-state index contributed by atoms with van der Waals surface area (Å²) in [5, 5.41) is 8.41. The van der Waals surface area contributed by atoms with E-state index in [0.29, 0.717) is 44.8 Å². The van der Waals surface area contributed by atoms with E-state index < -0.39 is 11.6 Å². The molecule has 1 N–H and O–H groups in total. The first kappa shape index (κ1) is 26.4. The van der Waals surface area contributed by atoms with E-state index in [1.54, 1.807) is 4.90 Å². The second-order valence-electron chi connectivity index (χ2n) is 10.0. The predicted octanol–water partition coefficient (Wildman–Crippen LogP) is 5.74. The van der Waals surface area contributed by atoms with Crippen LogP contribution in [0.3, 0.4) is 0 Å². The number of urea groups is 1. The van der Waals surface area contributed by atoms with Gasteiger partial charge in [0.2, 0.25) is 0 Å². The molecule has 1 aliphatic heterocycles. The third-order valence-electron chi connectivity index (χ3n) is 7.19. The van der Waals surface area contributed by atoms with Crippen molar-refractivity contribution in [2.45, 2.75) is 19.8 Å². The summed E-state index contributed by atoms with van der Waals surface area (Å²) in [6, 6.07) is 23.0. The molecule has 0 atom stereocenters. The molecule has 0 aliphatic carbocycles. The van der Waals surface area contributed by atoms with E-state index >= 15 is 0 Å². The van der Waals surface area contributed by atoms with Gasteiger partial charge in [-0.3, -0.25) is 0 Å². The minimum absolute atomic E-state index is 0.210. The van der Waals surface area contributed by atoms with Crippen LogP contribution < -0.4 is 10.2 Å². The average molecular weight is 554 g/mol. The lowest BCUT2D eigenvalue weighted by Crippen LogP contribution is -2.38. The van der Waals surface area contributed by atoms with Gasteiger partial charge in [0.25, 0.3) is 0 Å². The van der Waals surface area contributed by atoms with Gasteiger partial charge in [0, 0.05) is 44.4 Å². The van der Waals surface area contributed by atoms with Crippen molar-refractivity contribution in [2.75, 3.05) is 36.4 Å². The Morgan fingerprint density at radius 3 is 2.39 bits per heavy atom. The summed E-state index contributed by atoms with van der Waals surface area (Å²) in [7, 11) is 0. The number of aromatic nitrogens is 4. The smallest absolute Gasteiger partial charge is 0.321 e. The largest absolute Gasteiger partial charge is 0.354 e. The van der Waals surface area contributed by atoms with Crippen LogP contribution in [0.1, 0.15) is 23.5 Å². The average Bonchev–Trinajstić information content (AvgIpc) is 3.14. The van der Waals surface area contributed by atoms with E-state index in [1.165, 1.54) is 6.07 Å². The van der Waals surface area contributed by atoms with Crippen LogP contribution in [0.4, 0.5) is 25.1 Å². The highest BCUT2D eigenvalue weighted by atomic mass is 19.2. The summed E-state index contributed by atoms with van der Waals surface area (Å²) in [5.74, 6) is -0.478. The Hall–Kier alpha value is -4.86. The van der Waals surface area contributed by atoms with Gasteiger partial charge in [0.15, 0.2) is 17.3 Å². The van der Waals surface area contributed by atoms with Gasteiger partial charge in [-0.1, -0.05) is 48.5 Å². The molecule has 6 rings (SSSR count). The van der Waals surface area contributed by atoms with Crippen LogP contribution in [0.25, 0.3) is 16.7 Å². The first-order valence-electron chi connectivity index (χ1n) is 13.6. The number of carbonyl (C=O) groups excluding carboxylic acids is 1. The predicted molar refractivity (Wildman–Crippen MR) is 154 cm³/mol. The molecule has 3 heterocycles. The highest BCUT2D eigenvalue weighted by Crippen LogP contribution is 2.30. The molecule has 5 aromatic rings. The maximum Gasteiger partial charge on any atom is 0.321 e. The van der Waals surface area contributed by atoms with Gasteiger partial charge in [-0.25, -0.2) is 28.2 Å². The zero-order valence-corrected chi connectivity index (χ0v) is 22.6. The number of anilines is 2. The number of aryl methyl sites for hydroxylation is 1. The van der Waals surface area contributed by atoms with E-state index in [0.717, 1.165) is 45.9 Å². The Morgan fingerprint density at radius 2 is 1.63 bits per heavy atom. The van der Waals surface area contributed by atoms with Gasteiger partial charge in [-0.05, 0) is 43.2 Å².